The Morgan fingerprint density at radius 2 is 1.16 bits per heavy atom. The molecule has 0 bridgehead atoms. The summed E-state index contributed by atoms with van der Waals surface area (Å²) in [5.74, 6) is -0.465. The van der Waals surface area contributed by atoms with Crippen molar-refractivity contribution in [2.24, 2.45) is 0 Å². The maximum absolute atomic E-state index is 13.5. The highest BCUT2D eigenvalue weighted by molar-refractivity contribution is 5.91. The number of ether oxygens (including phenoxy) is 2. The Bertz CT molecular complexity index is 1250. The van der Waals surface area contributed by atoms with Gasteiger partial charge in [-0.15, -0.1) is 0 Å². The van der Waals surface area contributed by atoms with Gasteiger partial charge >= 0.3 is 0 Å². The number of epoxide rings is 2. The summed E-state index contributed by atoms with van der Waals surface area (Å²) in [6, 6.07) is 11.5. The van der Waals surface area contributed by atoms with Crippen LogP contribution in [0, 0.1) is 20.2 Å². The van der Waals surface area contributed by atoms with Crippen molar-refractivity contribution >= 4 is 23.2 Å². The van der Waals surface area contributed by atoms with E-state index in [1.807, 2.05) is 13.8 Å². The number of nitro benzene ring substituents is 2. The molecule has 2 amide bonds. The van der Waals surface area contributed by atoms with Crippen molar-refractivity contribution < 1.29 is 28.9 Å². The van der Waals surface area contributed by atoms with Crippen LogP contribution in [0.2, 0.25) is 0 Å². The normalized spacial score (nSPS) is 32.0. The molecule has 3 saturated heterocycles. The zero-order valence-electron chi connectivity index (χ0n) is 21.4. The zero-order valence-corrected chi connectivity index (χ0v) is 21.4. The van der Waals surface area contributed by atoms with Gasteiger partial charge in [-0.05, 0) is 38.8 Å². The summed E-state index contributed by atoms with van der Waals surface area (Å²) in [6.45, 7) is 7.62. The maximum Gasteiger partial charge on any atom is 0.269 e. The van der Waals surface area contributed by atoms with Gasteiger partial charge in [0.15, 0.2) is 11.2 Å². The summed E-state index contributed by atoms with van der Waals surface area (Å²) in [5, 5.41) is 22.3. The third-order valence-electron chi connectivity index (χ3n) is 7.74. The molecule has 200 valence electrons. The van der Waals surface area contributed by atoms with E-state index in [-0.39, 0.29) is 48.4 Å². The molecule has 2 aromatic carbocycles. The van der Waals surface area contributed by atoms with E-state index in [1.54, 1.807) is 47.9 Å². The highest BCUT2D eigenvalue weighted by Gasteiger charge is 2.64. The van der Waals surface area contributed by atoms with Gasteiger partial charge in [0, 0.05) is 49.4 Å². The van der Waals surface area contributed by atoms with Gasteiger partial charge in [-0.3, -0.25) is 29.8 Å². The Labute approximate surface area is 218 Å². The Hall–Kier alpha value is -3.90. The molecule has 3 fully saturated rings. The Morgan fingerprint density at radius 1 is 0.789 bits per heavy atom. The average molecular weight is 525 g/mol. The summed E-state index contributed by atoms with van der Waals surface area (Å²) < 4.78 is 11.6. The van der Waals surface area contributed by atoms with E-state index in [9.17, 15) is 29.8 Å². The largest absolute Gasteiger partial charge is 0.351 e. The number of carbonyl (C=O) groups is 2. The lowest BCUT2D eigenvalue weighted by molar-refractivity contribution is -0.385. The van der Waals surface area contributed by atoms with Gasteiger partial charge in [0.05, 0.1) is 9.85 Å². The molecule has 3 heterocycles. The molecule has 3 aliphatic heterocycles. The minimum absolute atomic E-state index is 0.0684. The van der Waals surface area contributed by atoms with Crippen LogP contribution in [0.4, 0.5) is 11.4 Å². The molecule has 5 rings (SSSR count). The van der Waals surface area contributed by atoms with Gasteiger partial charge in [-0.2, -0.15) is 0 Å². The Kier molecular flexibility index (Phi) is 5.99. The summed E-state index contributed by atoms with van der Waals surface area (Å²) in [6.07, 6.45) is -1.18. The zero-order chi connectivity index (χ0) is 27.6. The van der Waals surface area contributed by atoms with E-state index >= 15 is 0 Å². The summed E-state index contributed by atoms with van der Waals surface area (Å²) in [5.41, 5.74) is -1.30. The third kappa shape index (κ3) is 4.19. The van der Waals surface area contributed by atoms with Gasteiger partial charge in [-0.1, -0.05) is 24.3 Å². The fourth-order valence-electron chi connectivity index (χ4n) is 5.38. The number of hydrogen-bond donors (Lipinski definition) is 0. The highest BCUT2D eigenvalue weighted by atomic mass is 16.6. The molecule has 0 unspecified atom stereocenters. The molecule has 2 aromatic rings. The van der Waals surface area contributed by atoms with Crippen LogP contribution in [0.5, 0.6) is 0 Å². The first kappa shape index (κ1) is 25.7. The fourth-order valence-corrected chi connectivity index (χ4v) is 5.38. The van der Waals surface area contributed by atoms with Crippen LogP contribution in [0.1, 0.15) is 51.0 Å². The van der Waals surface area contributed by atoms with Crippen molar-refractivity contribution in [2.75, 3.05) is 13.1 Å². The number of amides is 2. The number of rotatable bonds is 6. The van der Waals surface area contributed by atoms with E-state index < -0.39 is 33.3 Å². The van der Waals surface area contributed by atoms with Crippen LogP contribution in [-0.4, -0.2) is 67.8 Å². The van der Waals surface area contributed by atoms with E-state index in [0.29, 0.717) is 11.1 Å². The molecule has 0 spiro atoms. The van der Waals surface area contributed by atoms with Gasteiger partial charge in [0.2, 0.25) is 0 Å². The number of nitrogens with zero attached hydrogens (tertiary/aromatic N) is 4. The first-order valence-corrected chi connectivity index (χ1v) is 12.3. The van der Waals surface area contributed by atoms with Crippen molar-refractivity contribution in [3.63, 3.8) is 0 Å². The second-order valence-electron chi connectivity index (χ2n) is 10.5. The molecule has 0 aliphatic carbocycles. The van der Waals surface area contributed by atoms with E-state index in [2.05, 4.69) is 0 Å². The lowest BCUT2D eigenvalue weighted by atomic mass is 9.95. The second-order valence-corrected chi connectivity index (χ2v) is 10.5. The number of piperazine rings is 1. The molecule has 0 N–H and O–H groups in total. The molecule has 0 radical (unpaired) electrons. The van der Waals surface area contributed by atoms with Crippen molar-refractivity contribution in [1.82, 2.24) is 9.80 Å². The predicted octanol–water partition coefficient (Wildman–Crippen LogP) is 3.31. The third-order valence-corrected chi connectivity index (χ3v) is 7.74. The van der Waals surface area contributed by atoms with Crippen LogP contribution in [0.25, 0.3) is 0 Å². The van der Waals surface area contributed by atoms with Crippen LogP contribution < -0.4 is 0 Å². The molecule has 0 aromatic heterocycles. The molecule has 3 aliphatic rings. The number of non-ortho nitro benzene ring substituents is 2. The lowest BCUT2D eigenvalue weighted by Crippen LogP contribution is -2.62. The van der Waals surface area contributed by atoms with E-state index in [4.69, 9.17) is 9.47 Å². The van der Waals surface area contributed by atoms with Gasteiger partial charge in [0.25, 0.3) is 23.2 Å². The monoisotopic (exact) mass is 524 g/mol. The Morgan fingerprint density at radius 3 is 1.50 bits per heavy atom. The van der Waals surface area contributed by atoms with Gasteiger partial charge < -0.3 is 19.3 Å². The van der Waals surface area contributed by atoms with Gasteiger partial charge in [0.1, 0.15) is 12.2 Å². The van der Waals surface area contributed by atoms with Crippen molar-refractivity contribution in [3.05, 3.63) is 79.9 Å². The van der Waals surface area contributed by atoms with E-state index in [0.717, 1.165) is 0 Å². The number of benzene rings is 2. The number of hydrogen-bond acceptors (Lipinski definition) is 8. The van der Waals surface area contributed by atoms with Crippen molar-refractivity contribution in [3.8, 4) is 0 Å². The molecule has 12 heteroatoms. The maximum atomic E-state index is 13.5. The number of carbonyl (C=O) groups excluding carboxylic acids is 2. The highest BCUT2D eigenvalue weighted by Crippen LogP contribution is 2.53. The topological polar surface area (TPSA) is 152 Å². The average Bonchev–Trinajstić information content (AvgIpc) is 3.79. The lowest BCUT2D eigenvalue weighted by Gasteiger charge is -2.45. The van der Waals surface area contributed by atoms with Gasteiger partial charge in [-0.25, -0.2) is 0 Å². The standard InChI is InChI=1S/C26H28N4O8/c1-15-13-28(24(32)26(4)22(38-26)18-8-6-10-20(12-18)30(35)36)16(2)14-27(15)23(31)25(3)21(37-25)17-7-5-9-19(11-17)29(33)34/h5-12,15-16,21-22H,13-14H2,1-4H3/t15-,16-,21+,22+,25-,26-/m0/s1. The first-order valence-electron chi connectivity index (χ1n) is 12.3. The van der Waals surface area contributed by atoms with Crippen LogP contribution in [0.15, 0.2) is 48.5 Å². The SMILES string of the molecule is C[C@H]1CN(C(=O)[C@@]2(C)O[C@@H]2c2cccc([N+](=O)[O-])c2)[C@@H](C)CN1C(=O)[C@@]1(C)O[C@@H]1c1cccc([N+](=O)[O-])c1. The predicted molar refractivity (Wildman–Crippen MR) is 133 cm³/mol. The summed E-state index contributed by atoms with van der Waals surface area (Å²) in [7, 11) is 0. The number of nitro groups is 2. The first-order chi connectivity index (χ1) is 17.9. The fraction of sp³-hybridized carbons (Fsp3) is 0.462. The minimum atomic E-state index is -1.14. The summed E-state index contributed by atoms with van der Waals surface area (Å²) in [4.78, 5) is 51.8. The summed E-state index contributed by atoms with van der Waals surface area (Å²) >= 11 is 0. The smallest absolute Gasteiger partial charge is 0.269 e. The second kappa shape index (κ2) is 8.84. The van der Waals surface area contributed by atoms with Crippen LogP contribution in [-0.2, 0) is 19.1 Å². The molecule has 12 nitrogen and oxygen atoms in total. The molecule has 6 atom stereocenters. The van der Waals surface area contributed by atoms with E-state index in [1.165, 1.54) is 24.3 Å². The molecular weight excluding hydrogens is 496 g/mol. The molecule has 0 saturated carbocycles. The Balaban J connectivity index is 1.26. The molecule has 38 heavy (non-hydrogen) atoms. The van der Waals surface area contributed by atoms with Crippen molar-refractivity contribution in [2.45, 2.75) is 63.2 Å². The quantitative estimate of drug-likeness (QED) is 0.317. The van der Waals surface area contributed by atoms with Crippen LogP contribution >= 0.6 is 0 Å². The minimum Gasteiger partial charge on any atom is -0.351 e. The molecular formula is C26H28N4O8. The van der Waals surface area contributed by atoms with Crippen LogP contribution in [0.3, 0.4) is 0 Å². The van der Waals surface area contributed by atoms with Crippen molar-refractivity contribution in [1.29, 1.82) is 0 Å².